The number of aliphatic hydroxyl groups is 3. The van der Waals surface area contributed by atoms with E-state index in [1.165, 1.54) is 17.2 Å². The van der Waals surface area contributed by atoms with Gasteiger partial charge in [0.1, 0.15) is 48.5 Å². The maximum atomic E-state index is 13.1. The van der Waals surface area contributed by atoms with E-state index in [1.54, 1.807) is 7.05 Å². The van der Waals surface area contributed by atoms with Crippen molar-refractivity contribution in [1.29, 1.82) is 0 Å². The van der Waals surface area contributed by atoms with Gasteiger partial charge in [-0.15, -0.1) is 0 Å². The first kappa shape index (κ1) is 32.5. The number of aromatic amines is 1. The standard InChI is InChI=1S/C21H28N10O13P2/c1-23-15-9-16(25-4-24-15)30(5-26-9)20-13(34)14(8(43-20)2-40-45(36)37)44-46(38,39)41-3-7-11(32)12(33)19(42-7)31-6-27-10-17(31)28-21(22)29-18(10)35/h4-8,11-14,19-20,32-34,45H,2-3H2,1H3,(H,36,37)(H,38,39)(H,23,24,25)(H3,22,28,29,35)/t7-,8-,11?,12?,13?,14?,19-,20-/m1/s1. The summed E-state index contributed by atoms with van der Waals surface area (Å²) >= 11 is 0. The number of phosphoric ester groups is 1. The molecule has 0 radical (unpaired) electrons. The van der Waals surface area contributed by atoms with Crippen LogP contribution in [0.4, 0.5) is 11.8 Å². The van der Waals surface area contributed by atoms with Gasteiger partial charge in [-0.25, -0.2) is 24.5 Å². The fourth-order valence-electron chi connectivity index (χ4n) is 5.17. The molecule has 0 aliphatic carbocycles. The molecule has 6 rings (SSSR count). The summed E-state index contributed by atoms with van der Waals surface area (Å²) in [4.78, 5) is 54.5. The number of nitrogen functional groups attached to an aromatic ring is 1. The Kier molecular flexibility index (Phi) is 8.93. The number of nitrogens with two attached hydrogens (primary N) is 1. The fourth-order valence-corrected chi connectivity index (χ4v) is 6.44. The van der Waals surface area contributed by atoms with Crippen molar-refractivity contribution >= 4 is 50.2 Å². The highest BCUT2D eigenvalue weighted by Crippen LogP contribution is 2.49. The first-order valence-electron chi connectivity index (χ1n) is 13.3. The Balaban J connectivity index is 1.17. The van der Waals surface area contributed by atoms with Crippen LogP contribution in [0, 0.1) is 0 Å². The minimum absolute atomic E-state index is 0.0574. The van der Waals surface area contributed by atoms with E-state index in [1.807, 2.05) is 0 Å². The lowest BCUT2D eigenvalue weighted by Gasteiger charge is -2.24. The second-order valence-corrected chi connectivity index (χ2v) is 12.3. The summed E-state index contributed by atoms with van der Waals surface area (Å²) in [6, 6.07) is 0. The van der Waals surface area contributed by atoms with Gasteiger partial charge in [0.2, 0.25) is 5.95 Å². The molecule has 9 N–H and O–H groups in total. The molecule has 0 aromatic carbocycles. The Morgan fingerprint density at radius 2 is 1.70 bits per heavy atom. The van der Waals surface area contributed by atoms with Gasteiger partial charge in [0.05, 0.1) is 25.9 Å². The number of nitrogens with one attached hydrogen (secondary N) is 2. The van der Waals surface area contributed by atoms with Gasteiger partial charge in [0, 0.05) is 7.05 Å². The van der Waals surface area contributed by atoms with Gasteiger partial charge in [0.15, 0.2) is 35.1 Å². The van der Waals surface area contributed by atoms with Gasteiger partial charge in [0.25, 0.3) is 5.56 Å². The molecular weight excluding hydrogens is 662 g/mol. The maximum Gasteiger partial charge on any atom is 0.472 e. The first-order chi connectivity index (χ1) is 21.9. The third-order valence-corrected chi connectivity index (χ3v) is 8.67. The van der Waals surface area contributed by atoms with Gasteiger partial charge >= 0.3 is 16.1 Å². The summed E-state index contributed by atoms with van der Waals surface area (Å²) < 4.78 is 53.3. The number of anilines is 2. The summed E-state index contributed by atoms with van der Waals surface area (Å²) in [6.07, 6.45) is -8.45. The third kappa shape index (κ3) is 6.03. The van der Waals surface area contributed by atoms with Crippen LogP contribution in [0.25, 0.3) is 22.3 Å². The number of fused-ring (bicyclic) bond motifs is 2. The van der Waals surface area contributed by atoms with Gasteiger partial charge in [-0.3, -0.25) is 32.5 Å². The number of nitrogens with zero attached hydrogens (tertiary/aromatic N) is 7. The van der Waals surface area contributed by atoms with Crippen LogP contribution in [-0.2, 0) is 32.2 Å². The molecule has 0 spiro atoms. The maximum absolute atomic E-state index is 13.1. The molecule has 25 heteroatoms. The lowest BCUT2D eigenvalue weighted by molar-refractivity contribution is -0.0573. The van der Waals surface area contributed by atoms with Crippen molar-refractivity contribution in [3.05, 3.63) is 29.3 Å². The highest BCUT2D eigenvalue weighted by Gasteiger charge is 2.51. The molecule has 0 saturated carbocycles. The van der Waals surface area contributed by atoms with Crippen LogP contribution >= 0.6 is 16.1 Å². The summed E-state index contributed by atoms with van der Waals surface area (Å²) in [7, 11) is -6.98. The Morgan fingerprint density at radius 3 is 2.41 bits per heavy atom. The van der Waals surface area contributed by atoms with Gasteiger partial charge in [-0.1, -0.05) is 0 Å². The topological polar surface area (TPSA) is 327 Å². The minimum atomic E-state index is -5.11. The number of aliphatic hydroxyl groups excluding tert-OH is 3. The van der Waals surface area contributed by atoms with Crippen LogP contribution in [0.1, 0.15) is 12.5 Å². The molecule has 2 fully saturated rings. The van der Waals surface area contributed by atoms with Crippen molar-refractivity contribution < 1.29 is 57.3 Å². The quantitative estimate of drug-likeness (QED) is 0.0746. The van der Waals surface area contributed by atoms with Crippen molar-refractivity contribution in [2.75, 3.05) is 31.3 Å². The van der Waals surface area contributed by atoms with Crippen LogP contribution in [0.15, 0.2) is 23.8 Å². The van der Waals surface area contributed by atoms with Gasteiger partial charge in [-0.05, 0) is 0 Å². The third-order valence-electron chi connectivity index (χ3n) is 7.27. The Bertz CT molecular complexity index is 1870. The Hall–Kier alpha value is -3.44. The van der Waals surface area contributed by atoms with E-state index in [0.29, 0.717) is 11.3 Å². The van der Waals surface area contributed by atoms with Crippen molar-refractivity contribution in [2.24, 2.45) is 0 Å². The van der Waals surface area contributed by atoms with Crippen molar-refractivity contribution in [1.82, 2.24) is 39.0 Å². The van der Waals surface area contributed by atoms with Crippen LogP contribution in [0.2, 0.25) is 0 Å². The molecule has 250 valence electrons. The zero-order valence-corrected chi connectivity index (χ0v) is 25.3. The number of H-pyrrole nitrogens is 1. The molecule has 0 amide bonds. The molecule has 2 aliphatic rings. The second kappa shape index (κ2) is 12.6. The molecule has 23 nitrogen and oxygen atoms in total. The molecule has 6 heterocycles. The molecule has 4 aromatic heterocycles. The summed E-state index contributed by atoms with van der Waals surface area (Å²) in [5.74, 6) is 0.133. The summed E-state index contributed by atoms with van der Waals surface area (Å²) in [5.41, 5.74) is 5.31. The van der Waals surface area contributed by atoms with E-state index < -0.39 is 83.9 Å². The number of aromatic nitrogens is 8. The number of hydrogen-bond acceptors (Lipinski definition) is 18. The number of imidazole rings is 2. The van der Waals surface area contributed by atoms with Crippen LogP contribution < -0.4 is 16.6 Å². The van der Waals surface area contributed by atoms with Crippen molar-refractivity contribution in [3.8, 4) is 0 Å². The molecule has 10 atom stereocenters. The lowest BCUT2D eigenvalue weighted by Crippen LogP contribution is -2.36. The van der Waals surface area contributed by atoms with Crippen molar-refractivity contribution in [3.63, 3.8) is 0 Å². The lowest BCUT2D eigenvalue weighted by atomic mass is 10.1. The van der Waals surface area contributed by atoms with E-state index in [-0.39, 0.29) is 22.8 Å². The normalized spacial score (nSPS) is 30.2. The fraction of sp³-hybridized carbons (Fsp3) is 0.524. The van der Waals surface area contributed by atoms with E-state index in [9.17, 15) is 39.0 Å². The average Bonchev–Trinajstić information content (AvgIpc) is 3.76. The zero-order chi connectivity index (χ0) is 32.9. The zero-order valence-electron chi connectivity index (χ0n) is 23.4. The molecule has 0 bridgehead atoms. The first-order valence-corrected chi connectivity index (χ1v) is 16.1. The Labute approximate surface area is 256 Å². The van der Waals surface area contributed by atoms with E-state index in [0.717, 1.165) is 10.9 Å². The molecule has 2 aliphatic heterocycles. The predicted molar refractivity (Wildman–Crippen MR) is 151 cm³/mol. The van der Waals surface area contributed by atoms with Gasteiger partial charge in [-0.2, -0.15) is 4.98 Å². The molecule has 6 unspecified atom stereocenters. The molecule has 46 heavy (non-hydrogen) atoms. The minimum Gasteiger partial charge on any atom is -0.387 e. The summed E-state index contributed by atoms with van der Waals surface area (Å²) in [5, 5.41) is 35.2. The van der Waals surface area contributed by atoms with Crippen molar-refractivity contribution in [2.45, 2.75) is 49.1 Å². The Morgan fingerprint density at radius 1 is 1.02 bits per heavy atom. The number of ether oxygens (including phenoxy) is 2. The molecule has 2 saturated heterocycles. The summed E-state index contributed by atoms with van der Waals surface area (Å²) in [6.45, 7) is -1.44. The highest BCUT2D eigenvalue weighted by atomic mass is 31.2. The van der Waals surface area contributed by atoms with Crippen LogP contribution in [-0.4, -0.2) is 121 Å². The number of phosphoric acid groups is 1. The highest BCUT2D eigenvalue weighted by molar-refractivity contribution is 7.47. The monoisotopic (exact) mass is 690 g/mol. The number of hydrogen-bond donors (Lipinski definition) is 8. The average molecular weight is 690 g/mol. The SMILES string of the molecule is CNc1ncnc2c1ncn2[C@@H]1O[C@H](CO[PH](=O)O)C(OP(=O)(O)OC[C@H]2O[C@@H](n3cnc4c(=O)[nH]c(N)nc43)C(O)C2O)C1O. The van der Waals surface area contributed by atoms with Gasteiger partial charge < -0.3 is 50.2 Å². The number of rotatable bonds is 11. The van der Waals surface area contributed by atoms with Crippen LogP contribution in [0.3, 0.4) is 0 Å². The van der Waals surface area contributed by atoms with Crippen LogP contribution in [0.5, 0.6) is 0 Å². The van der Waals surface area contributed by atoms with E-state index in [2.05, 4.69) is 35.2 Å². The molecule has 4 aromatic rings. The van der Waals surface area contributed by atoms with E-state index >= 15 is 0 Å². The largest absolute Gasteiger partial charge is 0.472 e. The molecular formula is C21H28N10O13P2. The smallest absolute Gasteiger partial charge is 0.387 e. The second-order valence-electron chi connectivity index (χ2n) is 10.1. The van der Waals surface area contributed by atoms with E-state index in [4.69, 9.17) is 28.8 Å². The predicted octanol–water partition coefficient (Wildman–Crippen LogP) is -2.64.